The topological polar surface area (TPSA) is 44.7 Å². The van der Waals surface area contributed by atoms with Crippen molar-refractivity contribution in [1.29, 1.82) is 0 Å². The van der Waals surface area contributed by atoms with Crippen molar-refractivity contribution >= 4 is 16.8 Å². The molecule has 3 unspecified atom stereocenters. The molecule has 0 radical (unpaired) electrons. The van der Waals surface area contributed by atoms with Crippen LogP contribution in [0.15, 0.2) is 65.7 Å². The highest BCUT2D eigenvalue weighted by molar-refractivity contribution is 7.84. The summed E-state index contributed by atoms with van der Waals surface area (Å²) >= 11 is 0. The number of likely N-dealkylation sites (tertiary alicyclic amines) is 1. The predicted molar refractivity (Wildman–Crippen MR) is 119 cm³/mol. The molecule has 0 saturated carbocycles. The maximum Gasteiger partial charge on any atom is 0.193 e. The van der Waals surface area contributed by atoms with Crippen LogP contribution in [0.4, 0.5) is 0 Å². The highest BCUT2D eigenvalue weighted by Crippen LogP contribution is 2.32. The Kier molecular flexibility index (Phi) is 7.66. The Hall–Kier alpha value is -2.14. The van der Waals surface area contributed by atoms with E-state index in [-0.39, 0.29) is 0 Å². The molecule has 3 rings (SSSR count). The minimum atomic E-state index is -0.868. The molecule has 150 valence electrons. The Labute approximate surface area is 171 Å². The van der Waals surface area contributed by atoms with Gasteiger partial charge in [-0.2, -0.15) is 0 Å². The van der Waals surface area contributed by atoms with E-state index in [0.29, 0.717) is 29.9 Å². The first kappa shape index (κ1) is 20.6. The van der Waals surface area contributed by atoms with Gasteiger partial charge in [0.2, 0.25) is 0 Å². The van der Waals surface area contributed by atoms with E-state index in [1.807, 2.05) is 37.4 Å². The van der Waals surface area contributed by atoms with Crippen LogP contribution < -0.4 is 5.32 Å². The summed E-state index contributed by atoms with van der Waals surface area (Å²) in [5, 5.41) is 3.41. The van der Waals surface area contributed by atoms with Crippen LogP contribution in [0.3, 0.4) is 0 Å². The standard InChI is InChI=1S/C23H31N3OS/c1-19-17-26(15-13-22(19)21-11-7-4-8-12-21)23(24-2)25-14-16-28(27)18-20-9-5-3-6-10-20/h3-12,19,22H,13-18H2,1-2H3,(H,24,25). The van der Waals surface area contributed by atoms with Crippen LogP contribution in [0.25, 0.3) is 0 Å². The fourth-order valence-electron chi connectivity index (χ4n) is 3.97. The summed E-state index contributed by atoms with van der Waals surface area (Å²) in [6, 6.07) is 20.9. The smallest absolute Gasteiger partial charge is 0.193 e. The van der Waals surface area contributed by atoms with Crippen molar-refractivity contribution in [3.8, 4) is 0 Å². The van der Waals surface area contributed by atoms with E-state index in [0.717, 1.165) is 31.0 Å². The normalized spacial score (nSPS) is 21.4. The van der Waals surface area contributed by atoms with E-state index < -0.39 is 10.8 Å². The summed E-state index contributed by atoms with van der Waals surface area (Å²) in [5.74, 6) is 3.34. The van der Waals surface area contributed by atoms with Crippen molar-refractivity contribution in [3.63, 3.8) is 0 Å². The molecule has 28 heavy (non-hydrogen) atoms. The highest BCUT2D eigenvalue weighted by Gasteiger charge is 2.28. The lowest BCUT2D eigenvalue weighted by atomic mass is 9.82. The molecule has 5 heteroatoms. The fraction of sp³-hybridized carbons (Fsp3) is 0.435. The first-order chi connectivity index (χ1) is 13.7. The third-order valence-corrected chi connectivity index (χ3v) is 6.74. The molecule has 0 amide bonds. The number of hydrogen-bond donors (Lipinski definition) is 1. The highest BCUT2D eigenvalue weighted by atomic mass is 32.2. The van der Waals surface area contributed by atoms with Crippen molar-refractivity contribution < 1.29 is 4.21 Å². The first-order valence-electron chi connectivity index (χ1n) is 10.1. The maximum atomic E-state index is 12.3. The quantitative estimate of drug-likeness (QED) is 0.598. The number of hydrogen-bond acceptors (Lipinski definition) is 2. The van der Waals surface area contributed by atoms with Crippen molar-refractivity contribution in [1.82, 2.24) is 10.2 Å². The Morgan fingerprint density at radius 2 is 1.82 bits per heavy atom. The largest absolute Gasteiger partial charge is 0.355 e. The summed E-state index contributed by atoms with van der Waals surface area (Å²) in [7, 11) is 0.963. The molecule has 1 saturated heterocycles. The van der Waals surface area contributed by atoms with Gasteiger partial charge in [-0.15, -0.1) is 0 Å². The van der Waals surface area contributed by atoms with Crippen LogP contribution in [0.1, 0.15) is 30.4 Å². The number of nitrogens with one attached hydrogen (secondary N) is 1. The van der Waals surface area contributed by atoms with Crippen LogP contribution in [-0.2, 0) is 16.6 Å². The van der Waals surface area contributed by atoms with Crippen molar-refractivity contribution in [2.45, 2.75) is 25.0 Å². The Morgan fingerprint density at radius 3 is 2.46 bits per heavy atom. The minimum absolute atomic E-state index is 0.571. The zero-order valence-corrected chi connectivity index (χ0v) is 17.7. The Bertz CT molecular complexity index is 779. The lowest BCUT2D eigenvalue weighted by Crippen LogP contribution is -2.48. The average Bonchev–Trinajstić information content (AvgIpc) is 2.72. The van der Waals surface area contributed by atoms with Gasteiger partial charge in [0.05, 0.1) is 0 Å². The number of piperidine rings is 1. The van der Waals surface area contributed by atoms with E-state index in [1.54, 1.807) is 0 Å². The van der Waals surface area contributed by atoms with Gasteiger partial charge in [0, 0.05) is 49.0 Å². The van der Waals surface area contributed by atoms with E-state index in [9.17, 15) is 4.21 Å². The number of nitrogens with zero attached hydrogens (tertiary/aromatic N) is 2. The Morgan fingerprint density at radius 1 is 1.14 bits per heavy atom. The van der Waals surface area contributed by atoms with Crippen molar-refractivity contribution in [2.24, 2.45) is 10.9 Å². The number of aliphatic imine (C=N–C) groups is 1. The summed E-state index contributed by atoms with van der Waals surface area (Å²) < 4.78 is 12.3. The molecule has 2 aromatic carbocycles. The van der Waals surface area contributed by atoms with Crippen LogP contribution in [-0.4, -0.2) is 47.5 Å². The summed E-state index contributed by atoms with van der Waals surface area (Å²) in [4.78, 5) is 6.79. The molecule has 0 spiro atoms. The lowest BCUT2D eigenvalue weighted by Gasteiger charge is -2.38. The predicted octanol–water partition coefficient (Wildman–Crippen LogP) is 3.64. The third kappa shape index (κ3) is 5.68. The van der Waals surface area contributed by atoms with Crippen LogP contribution in [0.2, 0.25) is 0 Å². The maximum absolute atomic E-state index is 12.3. The molecule has 0 aromatic heterocycles. The van der Waals surface area contributed by atoms with Crippen molar-refractivity contribution in [3.05, 3.63) is 71.8 Å². The first-order valence-corrected chi connectivity index (χ1v) is 11.6. The van der Waals surface area contributed by atoms with Gasteiger partial charge in [-0.05, 0) is 29.4 Å². The molecule has 0 bridgehead atoms. The molecule has 2 aromatic rings. The van der Waals surface area contributed by atoms with Gasteiger partial charge >= 0.3 is 0 Å². The fourth-order valence-corrected chi connectivity index (χ4v) is 5.01. The van der Waals surface area contributed by atoms with Crippen LogP contribution in [0.5, 0.6) is 0 Å². The van der Waals surface area contributed by atoms with E-state index in [2.05, 4.69) is 52.5 Å². The monoisotopic (exact) mass is 397 g/mol. The van der Waals surface area contributed by atoms with Crippen molar-refractivity contribution in [2.75, 3.05) is 32.4 Å². The Balaban J connectivity index is 1.46. The zero-order chi connectivity index (χ0) is 19.8. The SMILES string of the molecule is CN=C(NCCS(=O)Cc1ccccc1)N1CCC(c2ccccc2)C(C)C1. The molecule has 1 aliphatic heterocycles. The summed E-state index contributed by atoms with van der Waals surface area (Å²) in [6.45, 7) is 4.99. The van der Waals surface area contributed by atoms with Gasteiger partial charge < -0.3 is 10.2 Å². The second kappa shape index (κ2) is 10.4. The number of benzene rings is 2. The third-order valence-electron chi connectivity index (χ3n) is 5.43. The molecule has 1 heterocycles. The number of guanidine groups is 1. The van der Waals surface area contributed by atoms with E-state index in [4.69, 9.17) is 0 Å². The second-order valence-electron chi connectivity index (χ2n) is 7.48. The average molecular weight is 398 g/mol. The molecule has 1 N–H and O–H groups in total. The minimum Gasteiger partial charge on any atom is -0.355 e. The molecule has 3 atom stereocenters. The number of rotatable bonds is 6. The van der Waals surface area contributed by atoms with Gasteiger partial charge in [-0.1, -0.05) is 67.6 Å². The van der Waals surface area contributed by atoms with Gasteiger partial charge in [0.15, 0.2) is 5.96 Å². The molecular formula is C23H31N3OS. The van der Waals surface area contributed by atoms with E-state index in [1.165, 1.54) is 5.56 Å². The van der Waals surface area contributed by atoms with E-state index >= 15 is 0 Å². The summed E-state index contributed by atoms with van der Waals surface area (Å²) in [6.07, 6.45) is 1.13. The molecule has 0 aliphatic carbocycles. The molecule has 4 nitrogen and oxygen atoms in total. The van der Waals surface area contributed by atoms with Gasteiger partial charge in [0.1, 0.15) is 0 Å². The molecule has 1 fully saturated rings. The van der Waals surface area contributed by atoms with Crippen LogP contribution in [0, 0.1) is 5.92 Å². The zero-order valence-electron chi connectivity index (χ0n) is 16.9. The van der Waals surface area contributed by atoms with Gasteiger partial charge in [-0.25, -0.2) is 0 Å². The second-order valence-corrected chi connectivity index (χ2v) is 9.05. The molecular weight excluding hydrogens is 366 g/mol. The van der Waals surface area contributed by atoms with Gasteiger partial charge in [0.25, 0.3) is 0 Å². The van der Waals surface area contributed by atoms with Crippen LogP contribution >= 0.6 is 0 Å². The lowest BCUT2D eigenvalue weighted by molar-refractivity contribution is 0.235. The van der Waals surface area contributed by atoms with Gasteiger partial charge in [-0.3, -0.25) is 9.20 Å². The molecule has 1 aliphatic rings. The summed E-state index contributed by atoms with van der Waals surface area (Å²) in [5.41, 5.74) is 2.57.